The SMILES string of the molecule is COc1ccccc1CCC(=O)Nc1cc(S(=O)(=O)N(C)C)ccc1C. The van der Waals surface area contributed by atoms with Crippen LogP contribution in [-0.4, -0.2) is 39.8 Å². The third-order valence-electron chi connectivity index (χ3n) is 4.08. The number of carbonyl (C=O) groups is 1. The summed E-state index contributed by atoms with van der Waals surface area (Å²) in [6.07, 6.45) is 0.801. The molecule has 0 saturated carbocycles. The molecule has 0 aromatic heterocycles. The summed E-state index contributed by atoms with van der Waals surface area (Å²) in [6.45, 7) is 1.82. The molecule has 0 fully saturated rings. The normalized spacial score (nSPS) is 11.4. The highest BCUT2D eigenvalue weighted by Gasteiger charge is 2.18. The van der Waals surface area contributed by atoms with Crippen LogP contribution in [0.15, 0.2) is 47.4 Å². The molecule has 0 radical (unpaired) electrons. The number of amides is 1. The number of sulfonamides is 1. The number of aryl methyl sites for hydroxylation is 2. The molecule has 1 amide bonds. The number of rotatable bonds is 7. The maximum atomic E-state index is 12.3. The zero-order chi connectivity index (χ0) is 19.3. The summed E-state index contributed by atoms with van der Waals surface area (Å²) in [6, 6.07) is 12.3. The number of methoxy groups -OCH3 is 1. The molecule has 0 saturated heterocycles. The number of benzene rings is 2. The lowest BCUT2D eigenvalue weighted by molar-refractivity contribution is -0.116. The summed E-state index contributed by atoms with van der Waals surface area (Å²) in [7, 11) is 0.991. The Kier molecular flexibility index (Phi) is 6.39. The number of nitrogens with zero attached hydrogens (tertiary/aromatic N) is 1. The Balaban J connectivity index is 2.11. The van der Waals surface area contributed by atoms with E-state index in [1.54, 1.807) is 13.2 Å². The molecule has 0 spiro atoms. The van der Waals surface area contributed by atoms with Gasteiger partial charge in [-0.15, -0.1) is 0 Å². The summed E-state index contributed by atoms with van der Waals surface area (Å²) in [5, 5.41) is 2.81. The fraction of sp³-hybridized carbons (Fsp3) is 0.316. The molecule has 0 unspecified atom stereocenters. The Morgan fingerprint density at radius 1 is 1.15 bits per heavy atom. The largest absolute Gasteiger partial charge is 0.496 e. The van der Waals surface area contributed by atoms with E-state index in [0.29, 0.717) is 12.1 Å². The van der Waals surface area contributed by atoms with Crippen LogP contribution in [0.1, 0.15) is 17.5 Å². The van der Waals surface area contributed by atoms with E-state index in [0.717, 1.165) is 21.2 Å². The fourth-order valence-corrected chi connectivity index (χ4v) is 3.41. The highest BCUT2D eigenvalue weighted by molar-refractivity contribution is 7.89. The number of carbonyl (C=O) groups excluding carboxylic acids is 1. The van der Waals surface area contributed by atoms with Crippen LogP contribution < -0.4 is 10.1 Å². The van der Waals surface area contributed by atoms with Gasteiger partial charge >= 0.3 is 0 Å². The zero-order valence-corrected chi connectivity index (χ0v) is 16.3. The monoisotopic (exact) mass is 376 g/mol. The molecule has 0 heterocycles. The van der Waals surface area contributed by atoms with E-state index in [1.807, 2.05) is 31.2 Å². The van der Waals surface area contributed by atoms with Gasteiger partial charge < -0.3 is 10.1 Å². The summed E-state index contributed by atoms with van der Waals surface area (Å²) in [4.78, 5) is 12.5. The number of hydrogen-bond acceptors (Lipinski definition) is 4. The molecule has 26 heavy (non-hydrogen) atoms. The van der Waals surface area contributed by atoms with Crippen LogP contribution in [0.4, 0.5) is 5.69 Å². The fourth-order valence-electron chi connectivity index (χ4n) is 2.48. The van der Waals surface area contributed by atoms with E-state index in [-0.39, 0.29) is 17.2 Å². The molecule has 1 N–H and O–H groups in total. The van der Waals surface area contributed by atoms with Crippen LogP contribution in [-0.2, 0) is 21.2 Å². The smallest absolute Gasteiger partial charge is 0.242 e. The van der Waals surface area contributed by atoms with Gasteiger partial charge in [-0.1, -0.05) is 24.3 Å². The Labute approximate surface area is 154 Å². The van der Waals surface area contributed by atoms with Gasteiger partial charge in [0, 0.05) is 26.2 Å². The Morgan fingerprint density at radius 3 is 2.50 bits per heavy atom. The van der Waals surface area contributed by atoms with Gasteiger partial charge in [-0.25, -0.2) is 12.7 Å². The van der Waals surface area contributed by atoms with E-state index in [1.165, 1.54) is 26.2 Å². The second-order valence-electron chi connectivity index (χ2n) is 6.12. The van der Waals surface area contributed by atoms with Crippen LogP contribution in [0.3, 0.4) is 0 Å². The van der Waals surface area contributed by atoms with Gasteiger partial charge in [0.05, 0.1) is 12.0 Å². The molecule has 0 bridgehead atoms. The van der Waals surface area contributed by atoms with Crippen LogP contribution >= 0.6 is 0 Å². The maximum Gasteiger partial charge on any atom is 0.242 e. The van der Waals surface area contributed by atoms with E-state index >= 15 is 0 Å². The first-order valence-electron chi connectivity index (χ1n) is 8.20. The van der Waals surface area contributed by atoms with Crippen molar-refractivity contribution in [3.63, 3.8) is 0 Å². The summed E-state index contributed by atoms with van der Waals surface area (Å²) in [5.74, 6) is 0.564. The summed E-state index contributed by atoms with van der Waals surface area (Å²) in [5.41, 5.74) is 2.25. The quantitative estimate of drug-likeness (QED) is 0.806. The van der Waals surface area contributed by atoms with Crippen molar-refractivity contribution >= 4 is 21.6 Å². The first kappa shape index (κ1) is 19.9. The summed E-state index contributed by atoms with van der Waals surface area (Å²) < 4.78 is 31.0. The van der Waals surface area contributed by atoms with Crippen molar-refractivity contribution in [2.75, 3.05) is 26.5 Å². The van der Waals surface area contributed by atoms with Crippen molar-refractivity contribution < 1.29 is 17.9 Å². The highest BCUT2D eigenvalue weighted by Crippen LogP contribution is 2.23. The standard InChI is InChI=1S/C19H24N2O4S/c1-14-9-11-16(26(23,24)21(2)3)13-17(14)20-19(22)12-10-15-7-5-6-8-18(15)25-4/h5-9,11,13H,10,12H2,1-4H3,(H,20,22). The second-order valence-corrected chi connectivity index (χ2v) is 8.28. The molecule has 140 valence electrons. The Hall–Kier alpha value is -2.38. The molecule has 6 nitrogen and oxygen atoms in total. The van der Waals surface area contributed by atoms with Gasteiger partial charge in [-0.05, 0) is 42.7 Å². The molecular formula is C19H24N2O4S. The van der Waals surface area contributed by atoms with Crippen molar-refractivity contribution in [2.45, 2.75) is 24.7 Å². The van der Waals surface area contributed by atoms with Crippen molar-refractivity contribution in [3.8, 4) is 5.75 Å². The lowest BCUT2D eigenvalue weighted by Gasteiger charge is -2.14. The number of hydrogen-bond donors (Lipinski definition) is 1. The van der Waals surface area contributed by atoms with Crippen LogP contribution in [0.25, 0.3) is 0 Å². The zero-order valence-electron chi connectivity index (χ0n) is 15.4. The van der Waals surface area contributed by atoms with Crippen molar-refractivity contribution in [1.29, 1.82) is 0 Å². The van der Waals surface area contributed by atoms with Gasteiger partial charge in [0.25, 0.3) is 0 Å². The minimum absolute atomic E-state index is 0.146. The number of para-hydroxylation sites is 1. The number of nitrogens with one attached hydrogen (secondary N) is 1. The molecular weight excluding hydrogens is 352 g/mol. The van der Waals surface area contributed by atoms with E-state index < -0.39 is 10.0 Å². The van der Waals surface area contributed by atoms with Crippen molar-refractivity contribution in [1.82, 2.24) is 4.31 Å². The molecule has 0 aliphatic rings. The first-order valence-corrected chi connectivity index (χ1v) is 9.64. The number of anilines is 1. The lowest BCUT2D eigenvalue weighted by atomic mass is 10.1. The van der Waals surface area contributed by atoms with Gasteiger partial charge in [0.1, 0.15) is 5.75 Å². The predicted octanol–water partition coefficient (Wildman–Crippen LogP) is 2.83. The van der Waals surface area contributed by atoms with Crippen molar-refractivity contribution in [2.24, 2.45) is 0 Å². The molecule has 0 atom stereocenters. The average Bonchev–Trinajstić information content (AvgIpc) is 2.61. The molecule has 2 rings (SSSR count). The van der Waals surface area contributed by atoms with Crippen molar-refractivity contribution in [3.05, 3.63) is 53.6 Å². The summed E-state index contributed by atoms with van der Waals surface area (Å²) >= 11 is 0. The number of ether oxygens (including phenoxy) is 1. The minimum Gasteiger partial charge on any atom is -0.496 e. The van der Waals surface area contributed by atoms with Crippen LogP contribution in [0, 0.1) is 6.92 Å². The van der Waals surface area contributed by atoms with E-state index in [9.17, 15) is 13.2 Å². The first-order chi connectivity index (χ1) is 12.3. The molecule has 0 aliphatic carbocycles. The Bertz CT molecular complexity index is 892. The van der Waals surface area contributed by atoms with Crippen LogP contribution in [0.2, 0.25) is 0 Å². The molecule has 0 aliphatic heterocycles. The average molecular weight is 376 g/mol. The predicted molar refractivity (Wildman–Crippen MR) is 102 cm³/mol. The van der Waals surface area contributed by atoms with Gasteiger partial charge in [-0.3, -0.25) is 4.79 Å². The molecule has 2 aromatic carbocycles. The third kappa shape index (κ3) is 4.62. The molecule has 2 aromatic rings. The topological polar surface area (TPSA) is 75.7 Å². The van der Waals surface area contributed by atoms with Gasteiger partial charge in [0.2, 0.25) is 15.9 Å². The Morgan fingerprint density at radius 2 is 1.85 bits per heavy atom. The highest BCUT2D eigenvalue weighted by atomic mass is 32.2. The van der Waals surface area contributed by atoms with Crippen LogP contribution in [0.5, 0.6) is 5.75 Å². The van der Waals surface area contributed by atoms with Gasteiger partial charge in [-0.2, -0.15) is 0 Å². The third-order valence-corrected chi connectivity index (χ3v) is 5.89. The molecule has 7 heteroatoms. The lowest BCUT2D eigenvalue weighted by Crippen LogP contribution is -2.22. The minimum atomic E-state index is -3.55. The van der Waals surface area contributed by atoms with E-state index in [4.69, 9.17) is 4.74 Å². The maximum absolute atomic E-state index is 12.3. The van der Waals surface area contributed by atoms with Gasteiger partial charge in [0.15, 0.2) is 0 Å². The van der Waals surface area contributed by atoms with E-state index in [2.05, 4.69) is 5.32 Å². The second kappa shape index (κ2) is 8.33.